The van der Waals surface area contributed by atoms with Gasteiger partial charge in [0.05, 0.1) is 5.52 Å². The van der Waals surface area contributed by atoms with Crippen LogP contribution < -0.4 is 0 Å². The molecule has 0 amide bonds. The number of rotatable bonds is 5. The van der Waals surface area contributed by atoms with Gasteiger partial charge in [-0.25, -0.2) is 15.0 Å². The van der Waals surface area contributed by atoms with Gasteiger partial charge in [-0.05, 0) is 57.3 Å². The van der Waals surface area contributed by atoms with E-state index in [9.17, 15) is 0 Å². The lowest BCUT2D eigenvalue weighted by Crippen LogP contribution is -2.00. The van der Waals surface area contributed by atoms with Crippen LogP contribution in [0.4, 0.5) is 0 Å². The van der Waals surface area contributed by atoms with Crippen LogP contribution >= 0.6 is 0 Å². The molecule has 0 fully saturated rings. The second-order valence-corrected chi connectivity index (χ2v) is 10.8. The molecule has 0 saturated heterocycles. The van der Waals surface area contributed by atoms with Crippen molar-refractivity contribution in [3.8, 4) is 56.4 Å². The van der Waals surface area contributed by atoms with Crippen LogP contribution in [0.2, 0.25) is 0 Å². The predicted molar refractivity (Wildman–Crippen MR) is 180 cm³/mol. The standard InChI is InChI=1S/C40H26N4/c1-3-9-30(10-4-1)38-42-39(31-11-5-2-6-12-31)44-40(43-38)33-23-19-28-18-22-32(25-34(28)26-33)27-16-20-29(21-17-27)35-13-7-15-37-36(35)14-8-24-41-37/h1-26H. The number of pyridine rings is 1. The molecule has 0 atom stereocenters. The van der Waals surface area contributed by atoms with E-state index < -0.39 is 0 Å². The maximum Gasteiger partial charge on any atom is 0.164 e. The molecule has 0 N–H and O–H groups in total. The Morgan fingerprint density at radius 3 is 1.59 bits per heavy atom. The second kappa shape index (κ2) is 11.0. The predicted octanol–water partition coefficient (Wildman–Crippen LogP) is 9.91. The van der Waals surface area contributed by atoms with Crippen LogP contribution in [0.25, 0.3) is 78.1 Å². The molecule has 0 aliphatic carbocycles. The zero-order valence-electron chi connectivity index (χ0n) is 23.8. The van der Waals surface area contributed by atoms with Gasteiger partial charge in [-0.2, -0.15) is 0 Å². The monoisotopic (exact) mass is 562 g/mol. The Labute approximate surface area is 255 Å². The Bertz CT molecular complexity index is 2200. The maximum absolute atomic E-state index is 4.92. The van der Waals surface area contributed by atoms with Crippen molar-refractivity contribution in [3.63, 3.8) is 0 Å². The number of aromatic nitrogens is 4. The normalized spacial score (nSPS) is 11.2. The highest BCUT2D eigenvalue weighted by Crippen LogP contribution is 2.32. The minimum absolute atomic E-state index is 0.652. The van der Waals surface area contributed by atoms with E-state index in [-0.39, 0.29) is 0 Å². The van der Waals surface area contributed by atoms with Crippen molar-refractivity contribution in [3.05, 3.63) is 158 Å². The summed E-state index contributed by atoms with van der Waals surface area (Å²) < 4.78 is 0. The molecular formula is C40H26N4. The molecule has 2 aromatic heterocycles. The topological polar surface area (TPSA) is 51.6 Å². The summed E-state index contributed by atoms with van der Waals surface area (Å²) in [7, 11) is 0. The fraction of sp³-hybridized carbons (Fsp3) is 0. The van der Waals surface area contributed by atoms with Crippen LogP contribution in [0.1, 0.15) is 0 Å². The van der Waals surface area contributed by atoms with Crippen molar-refractivity contribution in [2.24, 2.45) is 0 Å². The van der Waals surface area contributed by atoms with E-state index in [4.69, 9.17) is 15.0 Å². The van der Waals surface area contributed by atoms with Gasteiger partial charge in [0.1, 0.15) is 0 Å². The van der Waals surface area contributed by atoms with E-state index >= 15 is 0 Å². The van der Waals surface area contributed by atoms with Crippen molar-refractivity contribution in [2.75, 3.05) is 0 Å². The van der Waals surface area contributed by atoms with Gasteiger partial charge in [-0.1, -0.05) is 127 Å². The summed E-state index contributed by atoms with van der Waals surface area (Å²) in [6.45, 7) is 0. The third kappa shape index (κ3) is 4.89. The molecule has 0 saturated carbocycles. The molecule has 4 nitrogen and oxygen atoms in total. The molecule has 0 aliphatic heterocycles. The fourth-order valence-corrected chi connectivity index (χ4v) is 5.70. The summed E-state index contributed by atoms with van der Waals surface area (Å²) in [4.78, 5) is 19.2. The molecule has 2 heterocycles. The average molecular weight is 563 g/mol. The Morgan fingerprint density at radius 2 is 0.909 bits per heavy atom. The van der Waals surface area contributed by atoms with Crippen molar-refractivity contribution < 1.29 is 0 Å². The fourth-order valence-electron chi connectivity index (χ4n) is 5.70. The lowest BCUT2D eigenvalue weighted by molar-refractivity contribution is 1.07. The number of hydrogen-bond donors (Lipinski definition) is 0. The highest BCUT2D eigenvalue weighted by Gasteiger charge is 2.13. The van der Waals surface area contributed by atoms with Crippen LogP contribution in [0.5, 0.6) is 0 Å². The van der Waals surface area contributed by atoms with Crippen LogP contribution in [0.3, 0.4) is 0 Å². The van der Waals surface area contributed by atoms with Crippen LogP contribution in [-0.2, 0) is 0 Å². The van der Waals surface area contributed by atoms with E-state index in [1.165, 1.54) is 11.1 Å². The van der Waals surface area contributed by atoms with Crippen LogP contribution in [0.15, 0.2) is 158 Å². The summed E-state index contributed by atoms with van der Waals surface area (Å²) in [6, 6.07) is 52.3. The van der Waals surface area contributed by atoms with Gasteiger partial charge in [0.15, 0.2) is 17.5 Å². The summed E-state index contributed by atoms with van der Waals surface area (Å²) in [6.07, 6.45) is 1.84. The van der Waals surface area contributed by atoms with Crippen molar-refractivity contribution in [2.45, 2.75) is 0 Å². The van der Waals surface area contributed by atoms with Gasteiger partial charge in [-0.15, -0.1) is 0 Å². The van der Waals surface area contributed by atoms with Gasteiger partial charge in [-0.3, -0.25) is 4.98 Å². The van der Waals surface area contributed by atoms with Gasteiger partial charge in [0.2, 0.25) is 0 Å². The highest BCUT2D eigenvalue weighted by molar-refractivity contribution is 5.95. The van der Waals surface area contributed by atoms with E-state index in [0.717, 1.165) is 49.5 Å². The molecule has 0 radical (unpaired) electrons. The van der Waals surface area contributed by atoms with Crippen molar-refractivity contribution in [1.82, 2.24) is 19.9 Å². The van der Waals surface area contributed by atoms with Crippen LogP contribution in [-0.4, -0.2) is 19.9 Å². The van der Waals surface area contributed by atoms with E-state index in [0.29, 0.717) is 17.5 Å². The summed E-state index contributed by atoms with van der Waals surface area (Å²) in [5.41, 5.74) is 8.56. The zero-order valence-corrected chi connectivity index (χ0v) is 23.8. The SMILES string of the molecule is c1ccc(-c2nc(-c3ccccc3)nc(-c3ccc4ccc(-c5ccc(-c6cccc7ncccc67)cc5)cc4c3)n2)cc1. The third-order valence-corrected chi connectivity index (χ3v) is 7.97. The smallest absolute Gasteiger partial charge is 0.164 e. The molecule has 8 rings (SSSR count). The summed E-state index contributed by atoms with van der Waals surface area (Å²) in [5.74, 6) is 1.97. The molecule has 8 aromatic rings. The molecule has 44 heavy (non-hydrogen) atoms. The first-order valence-electron chi connectivity index (χ1n) is 14.6. The lowest BCUT2D eigenvalue weighted by Gasteiger charge is -2.10. The van der Waals surface area contributed by atoms with Crippen LogP contribution in [0, 0.1) is 0 Å². The number of hydrogen-bond acceptors (Lipinski definition) is 4. The second-order valence-electron chi connectivity index (χ2n) is 10.8. The first-order chi connectivity index (χ1) is 21.8. The summed E-state index contributed by atoms with van der Waals surface area (Å²) >= 11 is 0. The summed E-state index contributed by atoms with van der Waals surface area (Å²) in [5, 5.41) is 3.45. The Balaban J connectivity index is 1.18. The minimum atomic E-state index is 0.652. The van der Waals surface area contributed by atoms with Gasteiger partial charge >= 0.3 is 0 Å². The highest BCUT2D eigenvalue weighted by atomic mass is 15.0. The maximum atomic E-state index is 4.92. The average Bonchev–Trinajstić information content (AvgIpc) is 3.11. The molecule has 206 valence electrons. The van der Waals surface area contributed by atoms with Crippen molar-refractivity contribution >= 4 is 21.7 Å². The Kier molecular flexibility index (Phi) is 6.43. The van der Waals surface area contributed by atoms with Gasteiger partial charge in [0.25, 0.3) is 0 Å². The Hall–Kier alpha value is -6.00. The number of nitrogens with zero attached hydrogens (tertiary/aromatic N) is 4. The largest absolute Gasteiger partial charge is 0.256 e. The first-order valence-corrected chi connectivity index (χ1v) is 14.6. The molecule has 4 heteroatoms. The third-order valence-electron chi connectivity index (χ3n) is 7.97. The number of benzene rings is 6. The minimum Gasteiger partial charge on any atom is -0.256 e. The molecule has 0 unspecified atom stereocenters. The van der Waals surface area contributed by atoms with E-state index in [1.54, 1.807) is 0 Å². The van der Waals surface area contributed by atoms with Gasteiger partial charge < -0.3 is 0 Å². The quantitative estimate of drug-likeness (QED) is 0.209. The van der Waals surface area contributed by atoms with E-state index in [2.05, 4.69) is 89.9 Å². The zero-order chi connectivity index (χ0) is 29.3. The first kappa shape index (κ1) is 25.7. The lowest BCUT2D eigenvalue weighted by atomic mass is 9.96. The molecular weight excluding hydrogens is 536 g/mol. The van der Waals surface area contributed by atoms with Crippen molar-refractivity contribution in [1.29, 1.82) is 0 Å². The molecule has 6 aromatic carbocycles. The molecule has 0 spiro atoms. The molecule has 0 bridgehead atoms. The van der Waals surface area contributed by atoms with E-state index in [1.807, 2.05) is 72.9 Å². The van der Waals surface area contributed by atoms with Gasteiger partial charge in [0, 0.05) is 28.3 Å². The molecule has 0 aliphatic rings. The number of fused-ring (bicyclic) bond motifs is 2. The Morgan fingerprint density at radius 1 is 0.341 bits per heavy atom.